The normalized spacial score (nSPS) is 12.0. The van der Waals surface area contributed by atoms with Gasteiger partial charge in [0.05, 0.1) is 19.8 Å². The van der Waals surface area contributed by atoms with Crippen molar-refractivity contribution in [2.75, 3.05) is 40.0 Å². The standard InChI is InChI=1S/C13H24N2O4S2/c1-4-14-9-12-13(11(2)10-20-12)21(16,17)15-5-6-19-8-7-18-3/h10,14-15H,4-9H2,1-3H3. The van der Waals surface area contributed by atoms with Crippen molar-refractivity contribution in [3.63, 3.8) is 0 Å². The van der Waals surface area contributed by atoms with Crippen LogP contribution in [0.1, 0.15) is 17.4 Å². The highest BCUT2D eigenvalue weighted by Gasteiger charge is 2.22. The van der Waals surface area contributed by atoms with Crippen molar-refractivity contribution in [2.24, 2.45) is 0 Å². The molecular weight excluding hydrogens is 312 g/mol. The maximum atomic E-state index is 12.4. The minimum atomic E-state index is -3.49. The Balaban J connectivity index is 2.59. The van der Waals surface area contributed by atoms with Crippen LogP contribution in [0.15, 0.2) is 10.3 Å². The molecule has 0 radical (unpaired) electrons. The van der Waals surface area contributed by atoms with Crippen LogP contribution < -0.4 is 10.0 Å². The van der Waals surface area contributed by atoms with Gasteiger partial charge in [0.25, 0.3) is 0 Å². The van der Waals surface area contributed by atoms with E-state index in [4.69, 9.17) is 9.47 Å². The predicted octanol–water partition coefficient (Wildman–Crippen LogP) is 1.11. The molecule has 0 saturated heterocycles. The highest BCUT2D eigenvalue weighted by molar-refractivity contribution is 7.89. The number of thiophene rings is 1. The maximum absolute atomic E-state index is 12.4. The van der Waals surface area contributed by atoms with Crippen LogP contribution in [0.5, 0.6) is 0 Å². The van der Waals surface area contributed by atoms with Gasteiger partial charge in [-0.2, -0.15) is 0 Å². The smallest absolute Gasteiger partial charge is 0.242 e. The van der Waals surface area contributed by atoms with Gasteiger partial charge in [0, 0.05) is 25.1 Å². The summed E-state index contributed by atoms with van der Waals surface area (Å²) >= 11 is 1.46. The van der Waals surface area contributed by atoms with E-state index in [0.717, 1.165) is 17.0 Å². The summed E-state index contributed by atoms with van der Waals surface area (Å²) < 4.78 is 37.4. The minimum absolute atomic E-state index is 0.252. The Kier molecular flexibility index (Phi) is 8.38. The number of aryl methyl sites for hydroxylation is 1. The van der Waals surface area contributed by atoms with Gasteiger partial charge in [0.1, 0.15) is 4.90 Å². The number of rotatable bonds is 11. The van der Waals surface area contributed by atoms with Crippen molar-refractivity contribution in [1.29, 1.82) is 0 Å². The predicted molar refractivity (Wildman–Crippen MR) is 84.3 cm³/mol. The molecule has 0 aliphatic heterocycles. The Morgan fingerprint density at radius 2 is 2.05 bits per heavy atom. The molecule has 0 unspecified atom stereocenters. The molecule has 0 aromatic carbocycles. The lowest BCUT2D eigenvalue weighted by atomic mass is 10.3. The maximum Gasteiger partial charge on any atom is 0.242 e. The molecule has 0 bridgehead atoms. The molecule has 0 aliphatic rings. The van der Waals surface area contributed by atoms with E-state index in [0.29, 0.717) is 31.3 Å². The third-order valence-corrected chi connectivity index (χ3v) is 5.69. The molecule has 0 fully saturated rings. The Bertz CT molecular complexity index is 514. The molecule has 0 aliphatic carbocycles. The summed E-state index contributed by atoms with van der Waals surface area (Å²) in [7, 11) is -1.90. The van der Waals surface area contributed by atoms with Gasteiger partial charge < -0.3 is 14.8 Å². The molecule has 1 heterocycles. The molecule has 1 aromatic rings. The molecule has 0 spiro atoms. The quantitative estimate of drug-likeness (QED) is 0.592. The summed E-state index contributed by atoms with van der Waals surface area (Å²) in [5.74, 6) is 0. The number of hydrogen-bond donors (Lipinski definition) is 2. The van der Waals surface area contributed by atoms with E-state index in [-0.39, 0.29) is 6.54 Å². The molecule has 1 rings (SSSR count). The Hall–Kier alpha value is -0.510. The van der Waals surface area contributed by atoms with Gasteiger partial charge in [-0.1, -0.05) is 6.92 Å². The van der Waals surface area contributed by atoms with Gasteiger partial charge >= 0.3 is 0 Å². The van der Waals surface area contributed by atoms with Crippen LogP contribution in [0, 0.1) is 6.92 Å². The fourth-order valence-electron chi connectivity index (χ4n) is 1.77. The molecule has 0 amide bonds. The number of sulfonamides is 1. The Morgan fingerprint density at radius 1 is 1.29 bits per heavy atom. The van der Waals surface area contributed by atoms with E-state index in [1.54, 1.807) is 7.11 Å². The third-order valence-electron chi connectivity index (χ3n) is 2.76. The first-order valence-electron chi connectivity index (χ1n) is 6.87. The van der Waals surface area contributed by atoms with Crippen LogP contribution in [0.3, 0.4) is 0 Å². The van der Waals surface area contributed by atoms with Crippen molar-refractivity contribution >= 4 is 21.4 Å². The van der Waals surface area contributed by atoms with E-state index < -0.39 is 10.0 Å². The first kappa shape index (κ1) is 18.5. The summed E-state index contributed by atoms with van der Waals surface area (Å²) in [4.78, 5) is 1.23. The van der Waals surface area contributed by atoms with Gasteiger partial charge in [-0.15, -0.1) is 11.3 Å². The zero-order valence-electron chi connectivity index (χ0n) is 12.8. The fraction of sp³-hybridized carbons (Fsp3) is 0.692. The van der Waals surface area contributed by atoms with Gasteiger partial charge in [-0.25, -0.2) is 13.1 Å². The largest absolute Gasteiger partial charge is 0.382 e. The van der Waals surface area contributed by atoms with Crippen LogP contribution in [-0.2, 0) is 26.0 Å². The first-order valence-corrected chi connectivity index (χ1v) is 9.23. The van der Waals surface area contributed by atoms with E-state index in [1.165, 1.54) is 11.3 Å². The lowest BCUT2D eigenvalue weighted by Crippen LogP contribution is -2.29. The monoisotopic (exact) mass is 336 g/mol. The van der Waals surface area contributed by atoms with Crippen molar-refractivity contribution in [3.05, 3.63) is 15.8 Å². The lowest BCUT2D eigenvalue weighted by Gasteiger charge is -2.10. The number of ether oxygens (including phenoxy) is 2. The van der Waals surface area contributed by atoms with Crippen LogP contribution in [0.25, 0.3) is 0 Å². The third kappa shape index (κ3) is 6.01. The summed E-state index contributed by atoms with van der Waals surface area (Å²) in [5, 5.41) is 5.03. The molecule has 8 heteroatoms. The zero-order valence-corrected chi connectivity index (χ0v) is 14.4. The SMILES string of the molecule is CCNCc1scc(C)c1S(=O)(=O)NCCOCCOC. The van der Waals surface area contributed by atoms with Crippen LogP contribution in [-0.4, -0.2) is 48.4 Å². The van der Waals surface area contributed by atoms with Gasteiger partial charge in [-0.05, 0) is 24.4 Å². The second-order valence-electron chi connectivity index (χ2n) is 4.45. The van der Waals surface area contributed by atoms with Crippen LogP contribution in [0.4, 0.5) is 0 Å². The average Bonchev–Trinajstić information content (AvgIpc) is 2.82. The van der Waals surface area contributed by atoms with E-state index >= 15 is 0 Å². The Labute approximate surface area is 130 Å². The summed E-state index contributed by atoms with van der Waals surface area (Å²) in [6, 6.07) is 0. The molecule has 21 heavy (non-hydrogen) atoms. The summed E-state index contributed by atoms with van der Waals surface area (Å²) in [6.45, 7) is 6.72. The Morgan fingerprint density at radius 3 is 2.71 bits per heavy atom. The fourth-order valence-corrected chi connectivity index (χ4v) is 4.56. The topological polar surface area (TPSA) is 76.7 Å². The molecule has 2 N–H and O–H groups in total. The van der Waals surface area contributed by atoms with Crippen LogP contribution in [0.2, 0.25) is 0 Å². The second-order valence-corrected chi connectivity index (χ2v) is 7.12. The number of methoxy groups -OCH3 is 1. The van der Waals surface area contributed by atoms with Crippen molar-refractivity contribution in [2.45, 2.75) is 25.3 Å². The van der Waals surface area contributed by atoms with Gasteiger partial charge in [0.2, 0.25) is 10.0 Å². The highest BCUT2D eigenvalue weighted by Crippen LogP contribution is 2.26. The van der Waals surface area contributed by atoms with Gasteiger partial charge in [0.15, 0.2) is 0 Å². The van der Waals surface area contributed by atoms with E-state index in [1.807, 2.05) is 19.2 Å². The second kappa shape index (κ2) is 9.50. The molecule has 122 valence electrons. The molecule has 0 saturated carbocycles. The number of hydrogen-bond acceptors (Lipinski definition) is 6. The lowest BCUT2D eigenvalue weighted by molar-refractivity contribution is 0.0736. The average molecular weight is 336 g/mol. The van der Waals surface area contributed by atoms with Gasteiger partial charge in [-0.3, -0.25) is 0 Å². The molecule has 0 atom stereocenters. The van der Waals surface area contributed by atoms with Crippen LogP contribution >= 0.6 is 11.3 Å². The van der Waals surface area contributed by atoms with E-state index in [2.05, 4.69) is 10.0 Å². The highest BCUT2D eigenvalue weighted by atomic mass is 32.2. The minimum Gasteiger partial charge on any atom is -0.382 e. The molecule has 6 nitrogen and oxygen atoms in total. The van der Waals surface area contributed by atoms with Crippen molar-refractivity contribution < 1.29 is 17.9 Å². The zero-order chi connectivity index (χ0) is 15.7. The summed E-state index contributed by atoms with van der Waals surface area (Å²) in [6.07, 6.45) is 0. The molecule has 1 aromatic heterocycles. The number of nitrogens with one attached hydrogen (secondary N) is 2. The van der Waals surface area contributed by atoms with E-state index in [9.17, 15) is 8.42 Å². The van der Waals surface area contributed by atoms with Crippen molar-refractivity contribution in [3.8, 4) is 0 Å². The summed E-state index contributed by atoms with van der Waals surface area (Å²) in [5.41, 5.74) is 0.778. The first-order chi connectivity index (χ1) is 10.0. The molecular formula is C13H24N2O4S2. The van der Waals surface area contributed by atoms with Crippen molar-refractivity contribution in [1.82, 2.24) is 10.0 Å².